The maximum atomic E-state index is 5.77. The van der Waals surface area contributed by atoms with Gasteiger partial charge in [0.15, 0.2) is 0 Å². The summed E-state index contributed by atoms with van der Waals surface area (Å²) in [4.78, 5) is 2.60. The van der Waals surface area contributed by atoms with E-state index in [4.69, 9.17) is 5.73 Å². The Labute approximate surface area is 110 Å². The lowest BCUT2D eigenvalue weighted by atomic mass is 9.82. The lowest BCUT2D eigenvalue weighted by Gasteiger charge is -2.31. The highest BCUT2D eigenvalue weighted by molar-refractivity contribution is 5.57. The van der Waals surface area contributed by atoms with Gasteiger partial charge in [0.25, 0.3) is 0 Å². The Hall–Kier alpha value is -1.02. The van der Waals surface area contributed by atoms with E-state index in [-0.39, 0.29) is 0 Å². The molecule has 1 heterocycles. The molecule has 3 rings (SSSR count). The largest absolute Gasteiger partial charge is 0.371 e. The molecule has 0 bridgehead atoms. The SMILES string of the molecule is NCC1CCC(CN2CCc3ccccc32)CC1. The molecule has 0 unspecified atom stereocenters. The first-order valence-electron chi connectivity index (χ1n) is 7.39. The van der Waals surface area contributed by atoms with Gasteiger partial charge in [-0.25, -0.2) is 0 Å². The average Bonchev–Trinajstić information content (AvgIpc) is 2.83. The molecule has 1 aromatic rings. The standard InChI is InChI=1S/C16H24N2/c17-11-13-5-7-14(8-6-13)12-18-10-9-15-3-1-2-4-16(15)18/h1-4,13-14H,5-12,17H2. The first-order valence-corrected chi connectivity index (χ1v) is 7.39. The van der Waals surface area contributed by atoms with Crippen molar-refractivity contribution >= 4 is 5.69 Å². The molecule has 2 N–H and O–H groups in total. The van der Waals surface area contributed by atoms with Gasteiger partial charge in [0.1, 0.15) is 0 Å². The van der Waals surface area contributed by atoms with Crippen LogP contribution in [-0.2, 0) is 6.42 Å². The number of anilines is 1. The average molecular weight is 244 g/mol. The van der Waals surface area contributed by atoms with E-state index in [0.29, 0.717) is 0 Å². The molecule has 1 fully saturated rings. The summed E-state index contributed by atoms with van der Waals surface area (Å²) < 4.78 is 0. The normalized spacial score (nSPS) is 27.3. The van der Waals surface area contributed by atoms with Crippen LogP contribution in [0.2, 0.25) is 0 Å². The van der Waals surface area contributed by atoms with Crippen molar-refractivity contribution < 1.29 is 0 Å². The number of hydrogen-bond acceptors (Lipinski definition) is 2. The molecule has 98 valence electrons. The Kier molecular flexibility index (Phi) is 3.55. The topological polar surface area (TPSA) is 29.3 Å². The zero-order valence-electron chi connectivity index (χ0n) is 11.1. The van der Waals surface area contributed by atoms with Crippen molar-refractivity contribution in [1.82, 2.24) is 0 Å². The molecule has 1 aliphatic heterocycles. The summed E-state index contributed by atoms with van der Waals surface area (Å²) in [5.74, 6) is 1.69. The van der Waals surface area contributed by atoms with Gasteiger partial charge in [-0.15, -0.1) is 0 Å². The molecule has 1 aliphatic carbocycles. The Morgan fingerprint density at radius 2 is 1.78 bits per heavy atom. The quantitative estimate of drug-likeness (QED) is 0.886. The summed E-state index contributed by atoms with van der Waals surface area (Å²) in [5.41, 5.74) is 8.79. The number of hydrogen-bond donors (Lipinski definition) is 1. The number of fused-ring (bicyclic) bond motifs is 1. The lowest BCUT2D eigenvalue weighted by molar-refractivity contribution is 0.282. The van der Waals surface area contributed by atoms with Crippen LogP contribution in [0.4, 0.5) is 5.69 Å². The van der Waals surface area contributed by atoms with Gasteiger partial charge in [-0.2, -0.15) is 0 Å². The van der Waals surface area contributed by atoms with Gasteiger partial charge < -0.3 is 10.6 Å². The fourth-order valence-electron chi connectivity index (χ4n) is 3.56. The maximum Gasteiger partial charge on any atom is 0.0399 e. The molecule has 2 nitrogen and oxygen atoms in total. The Morgan fingerprint density at radius 3 is 2.56 bits per heavy atom. The first kappa shape index (κ1) is 12.0. The maximum absolute atomic E-state index is 5.77. The van der Waals surface area contributed by atoms with Crippen molar-refractivity contribution in [2.75, 3.05) is 24.5 Å². The van der Waals surface area contributed by atoms with Crippen LogP contribution >= 0.6 is 0 Å². The van der Waals surface area contributed by atoms with Gasteiger partial charge in [-0.1, -0.05) is 18.2 Å². The molecule has 0 saturated heterocycles. The number of nitrogens with zero attached hydrogens (tertiary/aromatic N) is 1. The second kappa shape index (κ2) is 5.31. The van der Waals surface area contributed by atoms with Crippen LogP contribution < -0.4 is 10.6 Å². The summed E-state index contributed by atoms with van der Waals surface area (Å²) >= 11 is 0. The van der Waals surface area contributed by atoms with Crippen LogP contribution in [0.3, 0.4) is 0 Å². The zero-order chi connectivity index (χ0) is 12.4. The third-order valence-corrected chi connectivity index (χ3v) is 4.76. The third kappa shape index (κ3) is 2.39. The number of benzene rings is 1. The van der Waals surface area contributed by atoms with Crippen molar-refractivity contribution in [2.45, 2.75) is 32.1 Å². The zero-order valence-corrected chi connectivity index (χ0v) is 11.1. The van der Waals surface area contributed by atoms with Crippen LogP contribution in [0.25, 0.3) is 0 Å². The molecule has 1 aromatic carbocycles. The fourth-order valence-corrected chi connectivity index (χ4v) is 3.56. The van der Waals surface area contributed by atoms with E-state index in [1.54, 1.807) is 0 Å². The molecule has 1 saturated carbocycles. The van der Waals surface area contributed by atoms with Crippen molar-refractivity contribution in [2.24, 2.45) is 17.6 Å². The van der Waals surface area contributed by atoms with Gasteiger partial charge in [0.2, 0.25) is 0 Å². The first-order chi connectivity index (χ1) is 8.86. The minimum Gasteiger partial charge on any atom is -0.371 e. The number of nitrogens with two attached hydrogens (primary N) is 1. The van der Waals surface area contributed by atoms with Crippen LogP contribution in [-0.4, -0.2) is 19.6 Å². The molecular weight excluding hydrogens is 220 g/mol. The predicted octanol–water partition coefficient (Wildman–Crippen LogP) is 2.81. The molecular formula is C16H24N2. The van der Waals surface area contributed by atoms with E-state index < -0.39 is 0 Å². The van der Waals surface area contributed by atoms with Gasteiger partial charge >= 0.3 is 0 Å². The molecule has 0 spiro atoms. The second-order valence-electron chi connectivity index (χ2n) is 5.95. The second-order valence-corrected chi connectivity index (χ2v) is 5.95. The summed E-state index contributed by atoms with van der Waals surface area (Å²) in [6, 6.07) is 8.89. The highest BCUT2D eigenvalue weighted by atomic mass is 15.1. The predicted molar refractivity (Wildman–Crippen MR) is 76.9 cm³/mol. The smallest absolute Gasteiger partial charge is 0.0399 e. The molecule has 2 heteroatoms. The van der Waals surface area contributed by atoms with E-state index in [1.165, 1.54) is 56.4 Å². The van der Waals surface area contributed by atoms with Crippen molar-refractivity contribution in [3.05, 3.63) is 29.8 Å². The van der Waals surface area contributed by atoms with Gasteiger partial charge in [0, 0.05) is 18.8 Å². The van der Waals surface area contributed by atoms with Gasteiger partial charge in [-0.05, 0) is 62.1 Å². The van der Waals surface area contributed by atoms with Gasteiger partial charge in [-0.3, -0.25) is 0 Å². The Morgan fingerprint density at radius 1 is 1.06 bits per heavy atom. The molecule has 0 amide bonds. The summed E-state index contributed by atoms with van der Waals surface area (Å²) in [6.45, 7) is 3.36. The summed E-state index contributed by atoms with van der Waals surface area (Å²) in [5, 5.41) is 0. The third-order valence-electron chi connectivity index (χ3n) is 4.76. The van der Waals surface area contributed by atoms with E-state index in [9.17, 15) is 0 Å². The van der Waals surface area contributed by atoms with Crippen LogP contribution in [0.15, 0.2) is 24.3 Å². The monoisotopic (exact) mass is 244 g/mol. The number of para-hydroxylation sites is 1. The lowest BCUT2D eigenvalue weighted by Crippen LogP contribution is -2.31. The van der Waals surface area contributed by atoms with E-state index in [2.05, 4.69) is 29.2 Å². The summed E-state index contributed by atoms with van der Waals surface area (Å²) in [7, 11) is 0. The molecule has 0 aromatic heterocycles. The van der Waals surface area contributed by atoms with Crippen molar-refractivity contribution in [3.8, 4) is 0 Å². The van der Waals surface area contributed by atoms with Gasteiger partial charge in [0.05, 0.1) is 0 Å². The number of rotatable bonds is 3. The molecule has 0 atom stereocenters. The Bertz CT molecular complexity index is 394. The van der Waals surface area contributed by atoms with Crippen LogP contribution in [0.1, 0.15) is 31.2 Å². The minimum absolute atomic E-state index is 0.798. The highest BCUT2D eigenvalue weighted by Gasteiger charge is 2.25. The van der Waals surface area contributed by atoms with Crippen LogP contribution in [0, 0.1) is 11.8 Å². The van der Waals surface area contributed by atoms with E-state index in [1.807, 2.05) is 0 Å². The van der Waals surface area contributed by atoms with E-state index >= 15 is 0 Å². The van der Waals surface area contributed by atoms with Crippen molar-refractivity contribution in [1.29, 1.82) is 0 Å². The Balaban J connectivity index is 1.59. The van der Waals surface area contributed by atoms with Crippen LogP contribution in [0.5, 0.6) is 0 Å². The molecule has 18 heavy (non-hydrogen) atoms. The fraction of sp³-hybridized carbons (Fsp3) is 0.625. The minimum atomic E-state index is 0.798. The highest BCUT2D eigenvalue weighted by Crippen LogP contribution is 2.33. The molecule has 0 radical (unpaired) electrons. The summed E-state index contributed by atoms with van der Waals surface area (Å²) in [6.07, 6.45) is 6.67. The van der Waals surface area contributed by atoms with Crippen molar-refractivity contribution in [3.63, 3.8) is 0 Å². The molecule has 2 aliphatic rings. The van der Waals surface area contributed by atoms with E-state index in [0.717, 1.165) is 18.4 Å².